The van der Waals surface area contributed by atoms with Crippen molar-refractivity contribution in [1.82, 2.24) is 5.01 Å². The predicted octanol–water partition coefficient (Wildman–Crippen LogP) is 3.98. The number of carbonyl (C=O) groups excluding carboxylic acids is 2. The van der Waals surface area contributed by atoms with Gasteiger partial charge >= 0.3 is 0 Å². The summed E-state index contributed by atoms with van der Waals surface area (Å²) in [5.74, 6) is -1.27. The summed E-state index contributed by atoms with van der Waals surface area (Å²) in [6.45, 7) is 0.457. The highest BCUT2D eigenvalue weighted by Crippen LogP contribution is 2.25. The SMILES string of the molecule is O=C(CCC(=O)N1CCC(c2ccccc2)=N1)Nc1ccccc1NS(=O)(=O)c1ccc(F)cc1. The van der Waals surface area contributed by atoms with E-state index in [4.69, 9.17) is 0 Å². The van der Waals surface area contributed by atoms with Crippen molar-refractivity contribution in [3.63, 3.8) is 0 Å². The number of hydrogen-bond acceptors (Lipinski definition) is 5. The summed E-state index contributed by atoms with van der Waals surface area (Å²) in [6.07, 6.45) is 0.509. The highest BCUT2D eigenvalue weighted by Gasteiger charge is 2.22. The number of hydrogen-bond donors (Lipinski definition) is 2. The van der Waals surface area contributed by atoms with Crippen molar-refractivity contribution < 1.29 is 22.4 Å². The van der Waals surface area contributed by atoms with E-state index in [9.17, 15) is 22.4 Å². The second-order valence-corrected chi connectivity index (χ2v) is 9.52. The summed E-state index contributed by atoms with van der Waals surface area (Å²) < 4.78 is 40.8. The molecule has 0 unspecified atom stereocenters. The van der Waals surface area contributed by atoms with E-state index < -0.39 is 21.7 Å². The van der Waals surface area contributed by atoms with Gasteiger partial charge in [-0.05, 0) is 42.0 Å². The van der Waals surface area contributed by atoms with Crippen LogP contribution >= 0.6 is 0 Å². The molecule has 0 atom stereocenters. The number of amides is 2. The Bertz CT molecular complexity index is 1360. The molecule has 2 N–H and O–H groups in total. The van der Waals surface area contributed by atoms with Gasteiger partial charge in [-0.1, -0.05) is 42.5 Å². The lowest BCUT2D eigenvalue weighted by molar-refractivity contribution is -0.132. The number of sulfonamides is 1. The highest BCUT2D eigenvalue weighted by atomic mass is 32.2. The Hall–Kier alpha value is -4.05. The fourth-order valence-electron chi connectivity index (χ4n) is 3.53. The average Bonchev–Trinajstić information content (AvgIpc) is 3.35. The van der Waals surface area contributed by atoms with Crippen molar-refractivity contribution in [2.24, 2.45) is 5.10 Å². The minimum Gasteiger partial charge on any atom is -0.324 e. The molecular weight excluding hydrogens is 471 g/mol. The van der Waals surface area contributed by atoms with Gasteiger partial charge in [0, 0.05) is 19.3 Å². The molecule has 0 aliphatic carbocycles. The first-order valence-corrected chi connectivity index (χ1v) is 12.4. The van der Waals surface area contributed by atoms with Gasteiger partial charge in [-0.2, -0.15) is 5.10 Å². The molecule has 0 fully saturated rings. The van der Waals surface area contributed by atoms with Crippen LogP contribution in [0.15, 0.2) is 88.9 Å². The first-order chi connectivity index (χ1) is 16.8. The van der Waals surface area contributed by atoms with Crippen LogP contribution in [-0.2, 0) is 19.6 Å². The van der Waals surface area contributed by atoms with Gasteiger partial charge in [0.25, 0.3) is 10.0 Å². The molecule has 0 bridgehead atoms. The molecule has 1 aliphatic heterocycles. The van der Waals surface area contributed by atoms with E-state index in [2.05, 4.69) is 15.1 Å². The zero-order chi connectivity index (χ0) is 24.8. The summed E-state index contributed by atoms with van der Waals surface area (Å²) in [5.41, 5.74) is 2.17. The van der Waals surface area contributed by atoms with Gasteiger partial charge in [0.05, 0.1) is 28.5 Å². The largest absolute Gasteiger partial charge is 0.324 e. The zero-order valence-electron chi connectivity index (χ0n) is 18.6. The van der Waals surface area contributed by atoms with E-state index in [0.29, 0.717) is 13.0 Å². The van der Waals surface area contributed by atoms with E-state index in [-0.39, 0.29) is 35.0 Å². The molecule has 8 nitrogen and oxygen atoms in total. The Labute approximate surface area is 202 Å². The Kier molecular flexibility index (Phi) is 7.21. The first kappa shape index (κ1) is 24.1. The quantitative estimate of drug-likeness (QED) is 0.494. The molecule has 0 saturated heterocycles. The molecule has 2 amide bonds. The minimum atomic E-state index is -4.00. The summed E-state index contributed by atoms with van der Waals surface area (Å²) in [7, 11) is -4.00. The topological polar surface area (TPSA) is 108 Å². The lowest BCUT2D eigenvalue weighted by Gasteiger charge is -2.14. The van der Waals surface area contributed by atoms with Crippen LogP contribution in [0.25, 0.3) is 0 Å². The van der Waals surface area contributed by atoms with Crippen LogP contribution in [0.1, 0.15) is 24.8 Å². The third-order valence-corrected chi connectivity index (χ3v) is 6.71. The van der Waals surface area contributed by atoms with Gasteiger partial charge in [-0.15, -0.1) is 0 Å². The van der Waals surface area contributed by atoms with Gasteiger partial charge in [0.15, 0.2) is 0 Å². The van der Waals surface area contributed by atoms with Crippen molar-refractivity contribution in [2.75, 3.05) is 16.6 Å². The van der Waals surface area contributed by atoms with Gasteiger partial charge in [0.1, 0.15) is 5.82 Å². The van der Waals surface area contributed by atoms with Crippen LogP contribution in [0.4, 0.5) is 15.8 Å². The number of rotatable bonds is 8. The molecule has 0 spiro atoms. The number of nitrogens with zero attached hydrogens (tertiary/aromatic N) is 2. The van der Waals surface area contributed by atoms with Crippen LogP contribution in [0, 0.1) is 5.82 Å². The van der Waals surface area contributed by atoms with Crippen LogP contribution in [0.3, 0.4) is 0 Å². The number of anilines is 2. The summed E-state index contributed by atoms with van der Waals surface area (Å²) in [4.78, 5) is 24.9. The lowest BCUT2D eigenvalue weighted by Crippen LogP contribution is -2.25. The predicted molar refractivity (Wildman–Crippen MR) is 131 cm³/mol. The van der Waals surface area contributed by atoms with Gasteiger partial charge < -0.3 is 5.32 Å². The average molecular weight is 495 g/mol. The normalized spacial score (nSPS) is 13.3. The number of nitrogens with one attached hydrogen (secondary N) is 2. The molecule has 4 rings (SSSR count). The smallest absolute Gasteiger partial charge is 0.261 e. The van der Waals surface area contributed by atoms with Crippen LogP contribution in [-0.4, -0.2) is 37.5 Å². The molecule has 180 valence electrons. The van der Waals surface area contributed by atoms with Crippen molar-refractivity contribution in [3.8, 4) is 0 Å². The van der Waals surface area contributed by atoms with Gasteiger partial charge in [0.2, 0.25) is 11.8 Å². The van der Waals surface area contributed by atoms with Gasteiger partial charge in [-0.25, -0.2) is 17.8 Å². The summed E-state index contributed by atoms with van der Waals surface area (Å²) in [6, 6.07) is 20.3. The first-order valence-electron chi connectivity index (χ1n) is 10.9. The third kappa shape index (κ3) is 6.10. The number of benzene rings is 3. The summed E-state index contributed by atoms with van der Waals surface area (Å²) >= 11 is 0. The molecule has 3 aromatic rings. The Morgan fingerprint density at radius 2 is 1.54 bits per heavy atom. The molecule has 0 aromatic heterocycles. The minimum absolute atomic E-state index is 0.0408. The zero-order valence-corrected chi connectivity index (χ0v) is 19.5. The number of halogens is 1. The van der Waals surface area contributed by atoms with E-state index in [1.54, 1.807) is 18.2 Å². The van der Waals surface area contributed by atoms with Gasteiger partial charge in [-0.3, -0.25) is 14.3 Å². The second kappa shape index (κ2) is 10.5. The van der Waals surface area contributed by atoms with Crippen molar-refractivity contribution >= 4 is 38.9 Å². The highest BCUT2D eigenvalue weighted by molar-refractivity contribution is 7.92. The lowest BCUT2D eigenvalue weighted by atomic mass is 10.1. The Morgan fingerprint density at radius 3 is 2.26 bits per heavy atom. The maximum absolute atomic E-state index is 13.1. The third-order valence-electron chi connectivity index (χ3n) is 5.33. The Balaban J connectivity index is 1.35. The van der Waals surface area contributed by atoms with Crippen LogP contribution < -0.4 is 10.0 Å². The molecule has 10 heteroatoms. The monoisotopic (exact) mass is 494 g/mol. The fourth-order valence-corrected chi connectivity index (χ4v) is 4.61. The molecule has 1 heterocycles. The molecule has 3 aromatic carbocycles. The molecule has 0 radical (unpaired) electrons. The summed E-state index contributed by atoms with van der Waals surface area (Å²) in [5, 5.41) is 8.39. The number of carbonyl (C=O) groups is 2. The molecular formula is C25H23FN4O4S. The van der Waals surface area contributed by atoms with Crippen LogP contribution in [0.5, 0.6) is 0 Å². The van der Waals surface area contributed by atoms with E-state index in [0.717, 1.165) is 35.5 Å². The van der Waals surface area contributed by atoms with Crippen molar-refractivity contribution in [1.29, 1.82) is 0 Å². The van der Waals surface area contributed by atoms with Crippen molar-refractivity contribution in [3.05, 3.63) is 90.2 Å². The van der Waals surface area contributed by atoms with E-state index in [1.165, 1.54) is 11.1 Å². The maximum atomic E-state index is 13.1. The Morgan fingerprint density at radius 1 is 0.886 bits per heavy atom. The second-order valence-electron chi connectivity index (χ2n) is 7.83. The molecule has 35 heavy (non-hydrogen) atoms. The van der Waals surface area contributed by atoms with E-state index in [1.807, 2.05) is 30.3 Å². The fraction of sp³-hybridized carbons (Fsp3) is 0.160. The number of para-hydroxylation sites is 2. The number of hydrazone groups is 1. The van der Waals surface area contributed by atoms with E-state index >= 15 is 0 Å². The molecule has 0 saturated carbocycles. The maximum Gasteiger partial charge on any atom is 0.261 e. The molecule has 1 aliphatic rings. The van der Waals surface area contributed by atoms with Crippen LogP contribution in [0.2, 0.25) is 0 Å². The van der Waals surface area contributed by atoms with Crippen molar-refractivity contribution in [2.45, 2.75) is 24.2 Å². The standard InChI is InChI=1S/C25H23FN4O4S/c26-19-10-12-20(13-11-19)35(33,34)29-23-9-5-4-8-22(23)27-24(31)14-15-25(32)30-17-16-21(28-30)18-6-2-1-3-7-18/h1-13,29H,14-17H2,(H,27,31).